The minimum absolute atomic E-state index is 0.00860. The lowest BCUT2D eigenvalue weighted by molar-refractivity contribution is 0.0970. The standard InChI is InChI=1S/C24H20ClN3O4S/c1-4-18-26-27-24(33-18)28-20(13-7-6-8-14(10-13)31-5-2)19-21(29)15-11-16(25)12(3)9-17(15)32-22(19)23(28)30/h6-11,20H,4-5H2,1-3H3. The molecule has 7 nitrogen and oxygen atoms in total. The highest BCUT2D eigenvalue weighted by Crippen LogP contribution is 2.43. The number of hydrogen-bond donors (Lipinski definition) is 0. The molecule has 0 fully saturated rings. The van der Waals surface area contributed by atoms with Crippen LogP contribution >= 0.6 is 22.9 Å². The maximum absolute atomic E-state index is 13.7. The number of fused-ring (bicyclic) bond motifs is 2. The third-order valence-electron chi connectivity index (χ3n) is 5.60. The van der Waals surface area contributed by atoms with Gasteiger partial charge in [0.2, 0.25) is 10.9 Å². The Hall–Kier alpha value is -3.23. The molecule has 1 amide bonds. The molecule has 0 aliphatic carbocycles. The molecule has 9 heteroatoms. The van der Waals surface area contributed by atoms with E-state index in [-0.39, 0.29) is 16.8 Å². The van der Waals surface area contributed by atoms with Gasteiger partial charge in [0.1, 0.15) is 16.3 Å². The van der Waals surface area contributed by atoms with Crippen molar-refractivity contribution in [2.24, 2.45) is 0 Å². The molecule has 0 saturated heterocycles. The Labute approximate surface area is 198 Å². The van der Waals surface area contributed by atoms with E-state index in [1.54, 1.807) is 12.1 Å². The first kappa shape index (κ1) is 21.6. The van der Waals surface area contributed by atoms with Gasteiger partial charge >= 0.3 is 0 Å². The number of ether oxygens (including phenoxy) is 1. The number of rotatable bonds is 5. The van der Waals surface area contributed by atoms with E-state index in [0.29, 0.717) is 45.5 Å². The van der Waals surface area contributed by atoms with E-state index in [2.05, 4.69) is 10.2 Å². The fourth-order valence-electron chi connectivity index (χ4n) is 4.03. The van der Waals surface area contributed by atoms with Gasteiger partial charge in [-0.3, -0.25) is 14.5 Å². The number of carbonyl (C=O) groups is 1. The van der Waals surface area contributed by atoms with E-state index in [0.717, 1.165) is 10.6 Å². The van der Waals surface area contributed by atoms with Gasteiger partial charge in [0.15, 0.2) is 5.43 Å². The second-order valence-corrected chi connectivity index (χ2v) is 9.13. The average molecular weight is 482 g/mol. The Morgan fingerprint density at radius 1 is 1.18 bits per heavy atom. The molecule has 2 aromatic heterocycles. The van der Waals surface area contributed by atoms with Crippen LogP contribution in [0.4, 0.5) is 5.13 Å². The second-order valence-electron chi connectivity index (χ2n) is 7.69. The van der Waals surface area contributed by atoms with Gasteiger partial charge in [-0.25, -0.2) is 0 Å². The molecule has 0 bridgehead atoms. The highest BCUT2D eigenvalue weighted by atomic mass is 35.5. The zero-order valence-electron chi connectivity index (χ0n) is 18.2. The lowest BCUT2D eigenvalue weighted by atomic mass is 9.98. The maximum atomic E-state index is 13.7. The minimum Gasteiger partial charge on any atom is -0.494 e. The number of aromatic nitrogens is 2. The minimum atomic E-state index is -0.730. The fourth-order valence-corrected chi connectivity index (χ4v) is 5.00. The van der Waals surface area contributed by atoms with Crippen molar-refractivity contribution in [2.45, 2.75) is 33.2 Å². The van der Waals surface area contributed by atoms with E-state index in [9.17, 15) is 9.59 Å². The summed E-state index contributed by atoms with van der Waals surface area (Å²) in [4.78, 5) is 28.8. The summed E-state index contributed by atoms with van der Waals surface area (Å²) in [6.45, 7) is 6.18. The summed E-state index contributed by atoms with van der Waals surface area (Å²) in [5.74, 6) is 0.225. The molecule has 5 rings (SSSR count). The fraction of sp³-hybridized carbons (Fsp3) is 0.250. The van der Waals surface area contributed by atoms with Gasteiger partial charge in [-0.15, -0.1) is 10.2 Å². The predicted octanol–water partition coefficient (Wildman–Crippen LogP) is 5.32. The van der Waals surface area contributed by atoms with Crippen molar-refractivity contribution in [2.75, 3.05) is 11.5 Å². The lowest BCUT2D eigenvalue weighted by Gasteiger charge is -2.22. The number of benzene rings is 2. The first-order valence-electron chi connectivity index (χ1n) is 10.6. The van der Waals surface area contributed by atoms with Gasteiger partial charge in [0, 0.05) is 5.02 Å². The summed E-state index contributed by atoms with van der Waals surface area (Å²) in [5, 5.41) is 10.4. The molecule has 0 N–H and O–H groups in total. The molecule has 1 aliphatic rings. The second kappa shape index (κ2) is 8.28. The molecule has 1 atom stereocenters. The van der Waals surface area contributed by atoms with Crippen molar-refractivity contribution in [3.8, 4) is 5.75 Å². The van der Waals surface area contributed by atoms with Crippen molar-refractivity contribution in [3.05, 3.63) is 79.1 Å². The molecule has 33 heavy (non-hydrogen) atoms. The Morgan fingerprint density at radius 2 is 2.00 bits per heavy atom. The van der Waals surface area contributed by atoms with Gasteiger partial charge in [-0.1, -0.05) is 42.0 Å². The first-order valence-corrected chi connectivity index (χ1v) is 11.8. The van der Waals surface area contributed by atoms with Crippen LogP contribution in [0, 0.1) is 6.92 Å². The number of carbonyl (C=O) groups excluding carboxylic acids is 1. The smallest absolute Gasteiger partial charge is 0.297 e. The summed E-state index contributed by atoms with van der Waals surface area (Å²) < 4.78 is 11.7. The molecule has 3 heterocycles. The van der Waals surface area contributed by atoms with Gasteiger partial charge in [0.25, 0.3) is 5.91 Å². The number of halogens is 1. The molecule has 0 spiro atoms. The molecule has 2 aromatic carbocycles. The topological polar surface area (TPSA) is 85.5 Å². The number of aryl methyl sites for hydroxylation is 2. The van der Waals surface area contributed by atoms with E-state index >= 15 is 0 Å². The van der Waals surface area contributed by atoms with E-state index < -0.39 is 11.9 Å². The van der Waals surface area contributed by atoms with Gasteiger partial charge in [-0.05, 0) is 55.7 Å². The molecule has 4 aromatic rings. The van der Waals surface area contributed by atoms with Crippen molar-refractivity contribution < 1.29 is 13.9 Å². The van der Waals surface area contributed by atoms with Crippen molar-refractivity contribution in [3.63, 3.8) is 0 Å². The molecule has 168 valence electrons. The SMILES string of the molecule is CCOc1cccc(C2c3c(oc4cc(C)c(Cl)cc4c3=O)C(=O)N2c2nnc(CC)s2)c1. The van der Waals surface area contributed by atoms with Crippen LogP contribution < -0.4 is 15.1 Å². The van der Waals surface area contributed by atoms with E-state index in [4.69, 9.17) is 20.8 Å². The molecule has 1 unspecified atom stereocenters. The Morgan fingerprint density at radius 3 is 2.73 bits per heavy atom. The Kier molecular flexibility index (Phi) is 5.42. The summed E-state index contributed by atoms with van der Waals surface area (Å²) in [7, 11) is 0. The van der Waals surface area contributed by atoms with Crippen LogP contribution in [-0.2, 0) is 6.42 Å². The Bertz CT molecular complexity index is 1460. The first-order chi connectivity index (χ1) is 15.9. The van der Waals surface area contributed by atoms with Crippen LogP contribution in [-0.4, -0.2) is 22.7 Å². The van der Waals surface area contributed by atoms with Gasteiger partial charge < -0.3 is 9.15 Å². The lowest BCUT2D eigenvalue weighted by Crippen LogP contribution is -2.29. The normalized spacial score (nSPS) is 15.3. The summed E-state index contributed by atoms with van der Waals surface area (Å²) in [6.07, 6.45) is 0.690. The van der Waals surface area contributed by atoms with Crippen molar-refractivity contribution >= 4 is 44.9 Å². The summed E-state index contributed by atoms with van der Waals surface area (Å²) >= 11 is 7.62. The van der Waals surface area contributed by atoms with E-state index in [1.807, 2.05) is 45.0 Å². The van der Waals surface area contributed by atoms with Crippen molar-refractivity contribution in [1.29, 1.82) is 0 Å². The van der Waals surface area contributed by atoms with Crippen LogP contribution in [0.1, 0.15) is 52.1 Å². The maximum Gasteiger partial charge on any atom is 0.297 e. The monoisotopic (exact) mass is 481 g/mol. The summed E-state index contributed by atoms with van der Waals surface area (Å²) in [6, 6.07) is 9.90. The molecule has 0 radical (unpaired) electrons. The van der Waals surface area contributed by atoms with Crippen LogP contribution in [0.5, 0.6) is 5.75 Å². The number of amides is 1. The molecular weight excluding hydrogens is 462 g/mol. The quantitative estimate of drug-likeness (QED) is 0.383. The van der Waals surface area contributed by atoms with Crippen LogP contribution in [0.3, 0.4) is 0 Å². The molecule has 1 aliphatic heterocycles. The Balaban J connectivity index is 1.79. The van der Waals surface area contributed by atoms with Crippen LogP contribution in [0.25, 0.3) is 11.0 Å². The number of anilines is 1. The predicted molar refractivity (Wildman–Crippen MR) is 128 cm³/mol. The van der Waals surface area contributed by atoms with Crippen LogP contribution in [0.2, 0.25) is 5.02 Å². The third-order valence-corrected chi connectivity index (χ3v) is 7.08. The zero-order chi connectivity index (χ0) is 23.3. The number of nitrogens with zero attached hydrogens (tertiary/aromatic N) is 3. The van der Waals surface area contributed by atoms with E-state index in [1.165, 1.54) is 16.2 Å². The largest absolute Gasteiger partial charge is 0.494 e. The molecular formula is C24H20ClN3O4S. The zero-order valence-corrected chi connectivity index (χ0v) is 19.8. The number of hydrogen-bond acceptors (Lipinski definition) is 7. The average Bonchev–Trinajstić information content (AvgIpc) is 3.38. The highest BCUT2D eigenvalue weighted by molar-refractivity contribution is 7.15. The van der Waals surface area contributed by atoms with Crippen molar-refractivity contribution in [1.82, 2.24) is 10.2 Å². The third kappa shape index (κ3) is 3.50. The molecule has 0 saturated carbocycles. The van der Waals surface area contributed by atoms with Gasteiger partial charge in [0.05, 0.1) is 23.6 Å². The highest BCUT2D eigenvalue weighted by Gasteiger charge is 2.45. The van der Waals surface area contributed by atoms with Gasteiger partial charge in [-0.2, -0.15) is 0 Å². The van der Waals surface area contributed by atoms with Crippen LogP contribution in [0.15, 0.2) is 45.6 Å². The summed E-state index contributed by atoms with van der Waals surface area (Å²) in [5.41, 5.74) is 1.76.